The van der Waals surface area contributed by atoms with Crippen LogP contribution in [-0.2, 0) is 4.79 Å². The highest BCUT2D eigenvalue weighted by atomic mass is 16.4. The first-order valence-corrected chi connectivity index (χ1v) is 6.50. The molecule has 0 aromatic carbocycles. The Bertz CT molecular complexity index is 275. The van der Waals surface area contributed by atoms with Gasteiger partial charge in [0.15, 0.2) is 0 Å². The van der Waals surface area contributed by atoms with Crippen molar-refractivity contribution in [1.29, 1.82) is 0 Å². The van der Waals surface area contributed by atoms with Crippen LogP contribution in [0.1, 0.15) is 46.0 Å². The van der Waals surface area contributed by atoms with Crippen LogP contribution in [0.3, 0.4) is 0 Å². The molecule has 1 saturated carbocycles. The predicted molar refractivity (Wildman–Crippen MR) is 63.4 cm³/mol. The molecule has 0 radical (unpaired) electrons. The van der Waals surface area contributed by atoms with E-state index in [1.54, 1.807) is 0 Å². The molecule has 1 N–H and O–H groups in total. The molecule has 1 aliphatic carbocycles. The van der Waals surface area contributed by atoms with E-state index < -0.39 is 11.5 Å². The van der Waals surface area contributed by atoms with Crippen LogP contribution in [0.5, 0.6) is 0 Å². The average molecular weight is 225 g/mol. The zero-order valence-electron chi connectivity index (χ0n) is 10.4. The van der Waals surface area contributed by atoms with Gasteiger partial charge in [-0.2, -0.15) is 0 Å². The van der Waals surface area contributed by atoms with Crippen molar-refractivity contribution in [2.24, 2.45) is 11.8 Å². The van der Waals surface area contributed by atoms with E-state index in [0.717, 1.165) is 24.9 Å². The second-order valence-electron chi connectivity index (χ2n) is 5.90. The van der Waals surface area contributed by atoms with E-state index >= 15 is 0 Å². The SMILES string of the molecule is CC(C)(C(=O)O)N1CCC2CCCCC2C1. The van der Waals surface area contributed by atoms with Crippen molar-refractivity contribution in [2.45, 2.75) is 51.5 Å². The molecule has 2 atom stereocenters. The number of piperidine rings is 1. The predicted octanol–water partition coefficient (Wildman–Crippen LogP) is 2.36. The van der Waals surface area contributed by atoms with Gasteiger partial charge in [-0.25, -0.2) is 0 Å². The molecule has 0 bridgehead atoms. The Kier molecular flexibility index (Phi) is 3.24. The van der Waals surface area contributed by atoms with E-state index in [0.29, 0.717) is 0 Å². The van der Waals surface area contributed by atoms with Gasteiger partial charge < -0.3 is 5.11 Å². The summed E-state index contributed by atoms with van der Waals surface area (Å²) >= 11 is 0. The number of hydrogen-bond donors (Lipinski definition) is 1. The molecule has 16 heavy (non-hydrogen) atoms. The van der Waals surface area contributed by atoms with Crippen molar-refractivity contribution >= 4 is 5.97 Å². The van der Waals surface area contributed by atoms with Crippen molar-refractivity contribution in [3.63, 3.8) is 0 Å². The molecule has 1 saturated heterocycles. The number of fused-ring (bicyclic) bond motifs is 1. The summed E-state index contributed by atoms with van der Waals surface area (Å²) in [5, 5.41) is 9.25. The molecule has 0 aromatic rings. The minimum Gasteiger partial charge on any atom is -0.480 e. The molecule has 2 aliphatic rings. The van der Waals surface area contributed by atoms with E-state index in [1.807, 2.05) is 13.8 Å². The van der Waals surface area contributed by atoms with Crippen LogP contribution < -0.4 is 0 Å². The second-order valence-corrected chi connectivity index (χ2v) is 5.90. The fourth-order valence-corrected chi connectivity index (χ4v) is 3.24. The molecule has 1 aliphatic heterocycles. The van der Waals surface area contributed by atoms with Gasteiger partial charge in [-0.3, -0.25) is 9.69 Å². The highest BCUT2D eigenvalue weighted by Crippen LogP contribution is 2.37. The van der Waals surface area contributed by atoms with Crippen LogP contribution in [0, 0.1) is 11.8 Å². The third kappa shape index (κ3) is 2.10. The summed E-state index contributed by atoms with van der Waals surface area (Å²) in [5.41, 5.74) is -0.692. The van der Waals surface area contributed by atoms with Crippen LogP contribution in [0.2, 0.25) is 0 Å². The summed E-state index contributed by atoms with van der Waals surface area (Å²) in [6, 6.07) is 0. The normalized spacial score (nSPS) is 32.1. The second kappa shape index (κ2) is 4.36. The average Bonchev–Trinajstić information content (AvgIpc) is 2.28. The third-order valence-corrected chi connectivity index (χ3v) is 4.61. The molecule has 0 aromatic heterocycles. The summed E-state index contributed by atoms with van der Waals surface area (Å²) < 4.78 is 0. The largest absolute Gasteiger partial charge is 0.480 e. The lowest BCUT2D eigenvalue weighted by molar-refractivity contribution is -0.151. The van der Waals surface area contributed by atoms with Gasteiger partial charge in [0.1, 0.15) is 5.54 Å². The summed E-state index contributed by atoms with van der Waals surface area (Å²) in [4.78, 5) is 13.4. The van der Waals surface area contributed by atoms with Crippen LogP contribution in [0.25, 0.3) is 0 Å². The highest BCUT2D eigenvalue weighted by molar-refractivity contribution is 5.77. The molecule has 3 nitrogen and oxygen atoms in total. The van der Waals surface area contributed by atoms with E-state index in [-0.39, 0.29) is 0 Å². The number of carboxylic acid groups (broad SMARTS) is 1. The molecule has 92 valence electrons. The van der Waals surface area contributed by atoms with Gasteiger partial charge in [0.2, 0.25) is 0 Å². The molecule has 2 unspecified atom stereocenters. The van der Waals surface area contributed by atoms with Crippen LogP contribution >= 0.6 is 0 Å². The first kappa shape index (κ1) is 11.9. The number of hydrogen-bond acceptors (Lipinski definition) is 2. The van der Waals surface area contributed by atoms with E-state index in [9.17, 15) is 9.90 Å². The fraction of sp³-hybridized carbons (Fsp3) is 0.923. The standard InChI is InChI=1S/C13H23NO2/c1-13(2,12(15)16)14-8-7-10-5-3-4-6-11(10)9-14/h10-11H,3-9H2,1-2H3,(H,15,16). The Labute approximate surface area is 97.8 Å². The minimum atomic E-state index is -0.693. The number of carboxylic acids is 1. The van der Waals surface area contributed by atoms with Crippen LogP contribution in [0.15, 0.2) is 0 Å². The summed E-state index contributed by atoms with van der Waals surface area (Å²) in [6.45, 7) is 5.61. The van der Waals surface area contributed by atoms with E-state index in [4.69, 9.17) is 0 Å². The van der Waals surface area contributed by atoms with Gasteiger partial charge in [0.05, 0.1) is 0 Å². The Hall–Kier alpha value is -0.570. The molecule has 0 amide bonds. The quantitative estimate of drug-likeness (QED) is 0.784. The fourth-order valence-electron chi connectivity index (χ4n) is 3.24. The van der Waals surface area contributed by atoms with Crippen LogP contribution in [0.4, 0.5) is 0 Å². The number of rotatable bonds is 2. The zero-order chi connectivity index (χ0) is 11.8. The molecule has 2 fully saturated rings. The topological polar surface area (TPSA) is 40.5 Å². The maximum Gasteiger partial charge on any atom is 0.323 e. The molecule has 2 rings (SSSR count). The Morgan fingerprint density at radius 1 is 1.19 bits per heavy atom. The highest BCUT2D eigenvalue weighted by Gasteiger charge is 2.40. The zero-order valence-corrected chi connectivity index (χ0v) is 10.4. The third-order valence-electron chi connectivity index (χ3n) is 4.61. The summed E-state index contributed by atoms with van der Waals surface area (Å²) in [7, 11) is 0. The Morgan fingerprint density at radius 2 is 1.81 bits per heavy atom. The Morgan fingerprint density at radius 3 is 2.44 bits per heavy atom. The van der Waals surface area contributed by atoms with Crippen LogP contribution in [-0.4, -0.2) is 34.6 Å². The Balaban J connectivity index is 2.02. The van der Waals surface area contributed by atoms with Crippen molar-refractivity contribution in [3.05, 3.63) is 0 Å². The molecular formula is C13H23NO2. The monoisotopic (exact) mass is 225 g/mol. The molecule has 1 heterocycles. The van der Waals surface area contributed by atoms with E-state index in [2.05, 4.69) is 4.90 Å². The van der Waals surface area contributed by atoms with Crippen molar-refractivity contribution < 1.29 is 9.90 Å². The first-order chi connectivity index (χ1) is 7.51. The van der Waals surface area contributed by atoms with Gasteiger partial charge in [0.25, 0.3) is 0 Å². The molecule has 0 spiro atoms. The van der Waals surface area contributed by atoms with Crippen molar-refractivity contribution in [1.82, 2.24) is 4.90 Å². The van der Waals surface area contributed by atoms with Gasteiger partial charge in [-0.15, -0.1) is 0 Å². The van der Waals surface area contributed by atoms with Gasteiger partial charge in [-0.05, 0) is 45.1 Å². The number of nitrogens with zero attached hydrogens (tertiary/aromatic N) is 1. The maximum absolute atomic E-state index is 11.2. The van der Waals surface area contributed by atoms with Crippen molar-refractivity contribution in [3.8, 4) is 0 Å². The maximum atomic E-state index is 11.2. The number of carbonyl (C=O) groups is 1. The lowest BCUT2D eigenvalue weighted by Gasteiger charge is -2.46. The van der Waals surface area contributed by atoms with Gasteiger partial charge in [-0.1, -0.05) is 19.3 Å². The minimum absolute atomic E-state index is 0.692. The lowest BCUT2D eigenvalue weighted by Crippen LogP contribution is -2.55. The lowest BCUT2D eigenvalue weighted by atomic mass is 9.74. The summed E-state index contributed by atoms with van der Waals surface area (Å²) in [6.07, 6.45) is 6.58. The first-order valence-electron chi connectivity index (χ1n) is 6.50. The molecular weight excluding hydrogens is 202 g/mol. The molecule has 3 heteroatoms. The van der Waals surface area contributed by atoms with Gasteiger partial charge >= 0.3 is 5.97 Å². The smallest absolute Gasteiger partial charge is 0.323 e. The summed E-state index contributed by atoms with van der Waals surface area (Å²) in [5.74, 6) is 0.928. The number of aliphatic carboxylic acids is 1. The van der Waals surface area contributed by atoms with Gasteiger partial charge in [0, 0.05) is 6.54 Å². The van der Waals surface area contributed by atoms with E-state index in [1.165, 1.54) is 32.1 Å². The van der Waals surface area contributed by atoms with Crippen molar-refractivity contribution in [2.75, 3.05) is 13.1 Å². The number of likely N-dealkylation sites (tertiary alicyclic amines) is 1.